The van der Waals surface area contributed by atoms with Crippen molar-refractivity contribution in [2.45, 2.75) is 57.7 Å². The molecule has 0 saturated carbocycles. The lowest BCUT2D eigenvalue weighted by Gasteiger charge is -2.43. The summed E-state index contributed by atoms with van der Waals surface area (Å²) in [4.78, 5) is 34.3. The fourth-order valence-corrected chi connectivity index (χ4v) is 3.81. The lowest BCUT2D eigenvalue weighted by Crippen LogP contribution is -3.06. The molecule has 1 heterocycles. The minimum Gasteiger partial charge on any atom is -0.345 e. The van der Waals surface area contributed by atoms with E-state index in [1.165, 1.54) is 24.4 Å². The van der Waals surface area contributed by atoms with Crippen molar-refractivity contribution in [3.05, 3.63) is 39.9 Å². The van der Waals surface area contributed by atoms with E-state index in [0.717, 1.165) is 12.8 Å². The van der Waals surface area contributed by atoms with Crippen molar-refractivity contribution >= 4 is 23.7 Å². The molecule has 0 spiro atoms. The molecule has 1 aromatic carbocycles. The molecule has 0 bridgehead atoms. The van der Waals surface area contributed by atoms with E-state index in [1.807, 2.05) is 0 Å². The Hall–Kier alpha value is -2.81. The molecule has 0 radical (unpaired) electrons. The van der Waals surface area contributed by atoms with Gasteiger partial charge in [-0.25, -0.2) is 5.43 Å². The van der Waals surface area contributed by atoms with Crippen LogP contribution in [0.3, 0.4) is 0 Å². The van der Waals surface area contributed by atoms with Gasteiger partial charge in [0.25, 0.3) is 5.69 Å². The van der Waals surface area contributed by atoms with Gasteiger partial charge < -0.3 is 10.6 Å². The van der Waals surface area contributed by atoms with E-state index in [2.05, 4.69) is 48.9 Å². The number of benzene rings is 1. The Morgan fingerprint density at radius 1 is 1.22 bits per heavy atom. The summed E-state index contributed by atoms with van der Waals surface area (Å²) in [5.41, 5.74) is 2.45. The minimum atomic E-state index is -0.873. The molecule has 0 aromatic heterocycles. The van der Waals surface area contributed by atoms with E-state index < -0.39 is 16.7 Å². The van der Waals surface area contributed by atoms with Crippen molar-refractivity contribution in [1.29, 1.82) is 0 Å². The first-order chi connectivity index (χ1) is 12.5. The maximum absolute atomic E-state index is 12.1. The maximum Gasteiger partial charge on any atom is 0.329 e. The Morgan fingerprint density at radius 3 is 2.44 bits per heavy atom. The van der Waals surface area contributed by atoms with E-state index in [0.29, 0.717) is 5.56 Å². The summed E-state index contributed by atoms with van der Waals surface area (Å²) in [5.74, 6) is -1.62. The van der Waals surface area contributed by atoms with E-state index in [1.54, 1.807) is 6.07 Å². The van der Waals surface area contributed by atoms with Crippen molar-refractivity contribution in [2.75, 3.05) is 0 Å². The molecule has 2 rings (SSSR count). The zero-order valence-corrected chi connectivity index (χ0v) is 16.0. The first kappa shape index (κ1) is 20.5. The molecule has 9 heteroatoms. The quantitative estimate of drug-likeness (QED) is 0.305. The average molecular weight is 376 g/mol. The molecule has 9 nitrogen and oxygen atoms in total. The number of non-ortho nitro benzene ring substituents is 1. The van der Waals surface area contributed by atoms with Crippen molar-refractivity contribution < 1.29 is 19.8 Å². The van der Waals surface area contributed by atoms with Crippen molar-refractivity contribution in [3.63, 3.8) is 0 Å². The van der Waals surface area contributed by atoms with Gasteiger partial charge in [0.15, 0.2) is 0 Å². The SMILES string of the molecule is CC1(C)CC(NC(=O)C(=O)N/N=C\c2cccc([N+](=O)[O-])c2)CC(C)(C)[NH2+]1. The molecule has 2 amide bonds. The third-order valence-electron chi connectivity index (χ3n) is 4.33. The number of rotatable bonds is 4. The highest BCUT2D eigenvalue weighted by atomic mass is 16.6. The molecule has 1 aliphatic rings. The van der Waals surface area contributed by atoms with Gasteiger partial charge in [-0.1, -0.05) is 12.1 Å². The van der Waals surface area contributed by atoms with Crippen LogP contribution in [0.5, 0.6) is 0 Å². The first-order valence-corrected chi connectivity index (χ1v) is 8.73. The lowest BCUT2D eigenvalue weighted by molar-refractivity contribution is -0.787. The van der Waals surface area contributed by atoms with Gasteiger partial charge in [-0.3, -0.25) is 19.7 Å². The average Bonchev–Trinajstić information content (AvgIpc) is 2.51. The van der Waals surface area contributed by atoms with Gasteiger partial charge >= 0.3 is 11.8 Å². The molecule has 0 aliphatic carbocycles. The maximum atomic E-state index is 12.1. The minimum absolute atomic E-state index is 0.0314. The molecular formula is C18H26N5O4+. The molecule has 0 unspecified atom stereocenters. The molecule has 4 N–H and O–H groups in total. The third-order valence-corrected chi connectivity index (χ3v) is 4.33. The second kappa shape index (κ2) is 7.83. The normalized spacial score (nSPS) is 18.8. The van der Waals surface area contributed by atoms with Gasteiger partial charge in [0.1, 0.15) is 0 Å². The van der Waals surface area contributed by atoms with Crippen LogP contribution in [-0.4, -0.2) is 40.1 Å². The summed E-state index contributed by atoms with van der Waals surface area (Å²) in [6, 6.07) is 5.69. The van der Waals surface area contributed by atoms with Crippen LogP contribution >= 0.6 is 0 Å². The second-order valence-electron chi connectivity index (χ2n) is 8.25. The zero-order chi connectivity index (χ0) is 20.2. The molecule has 0 atom stereocenters. The number of amides is 2. The van der Waals surface area contributed by atoms with E-state index in [4.69, 9.17) is 0 Å². The number of nitrogens with two attached hydrogens (primary N) is 1. The molecule has 1 fully saturated rings. The molecule has 146 valence electrons. The Morgan fingerprint density at radius 2 is 1.85 bits per heavy atom. The fourth-order valence-electron chi connectivity index (χ4n) is 3.81. The number of piperidine rings is 1. The number of quaternary nitrogens is 1. The number of hydrogen-bond acceptors (Lipinski definition) is 5. The van der Waals surface area contributed by atoms with E-state index >= 15 is 0 Å². The number of carbonyl (C=O) groups excluding carboxylic acids is 2. The van der Waals surface area contributed by atoms with E-state index in [-0.39, 0.29) is 22.8 Å². The summed E-state index contributed by atoms with van der Waals surface area (Å²) in [6.07, 6.45) is 2.76. The van der Waals surface area contributed by atoms with Crippen molar-refractivity contribution in [3.8, 4) is 0 Å². The summed E-state index contributed by atoms with van der Waals surface area (Å²) < 4.78 is 0. The zero-order valence-electron chi connectivity index (χ0n) is 16.0. The topological polar surface area (TPSA) is 130 Å². The standard InChI is InChI=1S/C18H25N5O4/c1-17(2)9-13(10-18(3,4)22-17)20-15(24)16(25)21-19-11-12-6-5-7-14(8-12)23(26)27/h5-8,11,13,22H,9-10H2,1-4H3,(H,20,24)(H,21,25)/p+1/b19-11-. The number of hydrazone groups is 1. The van der Waals surface area contributed by atoms with Crippen LogP contribution < -0.4 is 16.1 Å². The van der Waals surface area contributed by atoms with E-state index in [9.17, 15) is 19.7 Å². The summed E-state index contributed by atoms with van der Waals surface area (Å²) in [7, 11) is 0. The van der Waals surface area contributed by atoms with Crippen LogP contribution in [-0.2, 0) is 9.59 Å². The number of hydrogen-bond donors (Lipinski definition) is 3. The Bertz CT molecular complexity index is 757. The fraction of sp³-hybridized carbons (Fsp3) is 0.500. The summed E-state index contributed by atoms with van der Waals surface area (Å²) >= 11 is 0. The van der Waals surface area contributed by atoms with Crippen LogP contribution in [0.15, 0.2) is 29.4 Å². The summed E-state index contributed by atoms with van der Waals surface area (Å²) in [5, 5.41) is 19.5. The highest BCUT2D eigenvalue weighted by Gasteiger charge is 2.42. The number of carbonyl (C=O) groups is 2. The monoisotopic (exact) mass is 376 g/mol. The van der Waals surface area contributed by atoms with Crippen LogP contribution in [0.1, 0.15) is 46.1 Å². The molecule has 1 aliphatic heterocycles. The lowest BCUT2D eigenvalue weighted by atomic mass is 9.79. The smallest absolute Gasteiger partial charge is 0.329 e. The van der Waals surface area contributed by atoms with Crippen LogP contribution in [0.4, 0.5) is 5.69 Å². The largest absolute Gasteiger partial charge is 0.345 e. The Kier molecular flexibility index (Phi) is 5.94. The highest BCUT2D eigenvalue weighted by molar-refractivity contribution is 6.35. The van der Waals surface area contributed by atoms with Gasteiger partial charge in [0.2, 0.25) is 0 Å². The molecule has 1 saturated heterocycles. The van der Waals surface area contributed by atoms with Crippen LogP contribution in [0.2, 0.25) is 0 Å². The van der Waals surface area contributed by atoms with Crippen LogP contribution in [0.25, 0.3) is 0 Å². The second-order valence-corrected chi connectivity index (χ2v) is 8.25. The highest BCUT2D eigenvalue weighted by Crippen LogP contribution is 2.21. The number of nitrogens with zero attached hydrogens (tertiary/aromatic N) is 2. The van der Waals surface area contributed by atoms with Crippen molar-refractivity contribution in [1.82, 2.24) is 10.7 Å². The van der Waals surface area contributed by atoms with Gasteiger partial charge in [-0.05, 0) is 27.7 Å². The predicted octanol–water partition coefficient (Wildman–Crippen LogP) is 0.444. The Balaban J connectivity index is 1.91. The first-order valence-electron chi connectivity index (χ1n) is 8.73. The third kappa shape index (κ3) is 6.14. The molecular weight excluding hydrogens is 350 g/mol. The van der Waals surface area contributed by atoms with Crippen LogP contribution in [0, 0.1) is 10.1 Å². The van der Waals surface area contributed by atoms with Crippen molar-refractivity contribution in [2.24, 2.45) is 5.10 Å². The predicted molar refractivity (Wildman–Crippen MR) is 100 cm³/mol. The summed E-state index contributed by atoms with van der Waals surface area (Å²) in [6.45, 7) is 8.43. The Labute approximate surface area is 157 Å². The molecule has 1 aromatic rings. The molecule has 27 heavy (non-hydrogen) atoms. The number of nitrogens with one attached hydrogen (secondary N) is 2. The van der Waals surface area contributed by atoms with Gasteiger partial charge in [-0.15, -0.1) is 0 Å². The number of nitro benzene ring substituents is 1. The van der Waals surface area contributed by atoms with Gasteiger partial charge in [0, 0.05) is 36.6 Å². The van der Waals surface area contributed by atoms with Gasteiger partial charge in [-0.2, -0.15) is 5.10 Å². The van der Waals surface area contributed by atoms with Gasteiger partial charge in [0.05, 0.1) is 22.2 Å². The number of nitro groups is 1.